The van der Waals surface area contributed by atoms with Crippen molar-refractivity contribution in [3.8, 4) is 0 Å². The lowest BCUT2D eigenvalue weighted by Gasteiger charge is -2.30. The summed E-state index contributed by atoms with van der Waals surface area (Å²) in [6.45, 7) is 6.63. The van der Waals surface area contributed by atoms with Gasteiger partial charge in [-0.15, -0.1) is 0 Å². The number of hydrogen-bond acceptors (Lipinski definition) is 7. The fourth-order valence-corrected chi connectivity index (χ4v) is 8.85. The second-order valence-electron chi connectivity index (χ2n) is 21.5. The number of unbranched alkanes of at least 4 members (excludes halogenated alkanes) is 20. The van der Waals surface area contributed by atoms with Crippen molar-refractivity contribution in [2.45, 2.75) is 251 Å². The number of nitrogens with zero attached hydrogens (tertiary/aromatic N) is 1. The predicted molar refractivity (Wildman–Crippen MR) is 330 cm³/mol. The van der Waals surface area contributed by atoms with Crippen LogP contribution in [0.25, 0.3) is 0 Å². The first-order valence-electron chi connectivity index (χ1n) is 30.8. The number of likely N-dealkylation sites (N-methyl/N-ethyl adjacent to an activating group) is 1. The average Bonchev–Trinajstić information content (AvgIpc) is 3.39. The summed E-state index contributed by atoms with van der Waals surface area (Å²) in [6.07, 6.45) is 77.4. The van der Waals surface area contributed by atoms with Crippen molar-refractivity contribution in [3.05, 3.63) is 122 Å². The highest BCUT2D eigenvalue weighted by Gasteiger charge is 2.27. The minimum atomic E-state index is -4.72. The third-order valence-corrected chi connectivity index (χ3v) is 13.8. The minimum Gasteiger partial charge on any atom is -0.756 e. The van der Waals surface area contributed by atoms with E-state index in [0.717, 1.165) is 103 Å². The van der Waals surface area contributed by atoms with Crippen molar-refractivity contribution in [1.29, 1.82) is 0 Å². The van der Waals surface area contributed by atoms with Crippen LogP contribution in [0.4, 0.5) is 0 Å². The van der Waals surface area contributed by atoms with E-state index in [0.29, 0.717) is 23.9 Å². The van der Waals surface area contributed by atoms with Gasteiger partial charge in [-0.2, -0.15) is 0 Å². The average molecular weight is 1090 g/mol. The van der Waals surface area contributed by atoms with Gasteiger partial charge in [-0.3, -0.25) is 14.2 Å². The van der Waals surface area contributed by atoms with Gasteiger partial charge in [0.05, 0.1) is 33.8 Å². The number of rotatable bonds is 54. The Morgan fingerprint density at radius 1 is 0.468 bits per heavy atom. The lowest BCUT2D eigenvalue weighted by Crippen LogP contribution is -2.47. The molecule has 0 aliphatic heterocycles. The van der Waals surface area contributed by atoms with E-state index in [4.69, 9.17) is 13.8 Å². The van der Waals surface area contributed by atoms with Crippen LogP contribution in [0.3, 0.4) is 0 Å². The summed E-state index contributed by atoms with van der Waals surface area (Å²) in [5, 5.41) is 3.00. The summed E-state index contributed by atoms with van der Waals surface area (Å²) in [5.74, 6) is -0.628. The van der Waals surface area contributed by atoms with Gasteiger partial charge in [0.25, 0.3) is 7.82 Å². The molecule has 9 nitrogen and oxygen atoms in total. The van der Waals surface area contributed by atoms with Crippen LogP contribution in [0.2, 0.25) is 0 Å². The molecular formula is C67H115N2O7P. The summed E-state index contributed by atoms with van der Waals surface area (Å²) < 4.78 is 30.2. The molecule has 0 heterocycles. The summed E-state index contributed by atoms with van der Waals surface area (Å²) in [7, 11) is 1.13. The number of phosphoric ester groups is 1. The Morgan fingerprint density at radius 3 is 1.30 bits per heavy atom. The first-order chi connectivity index (χ1) is 37.4. The molecule has 0 rings (SSSR count). The number of phosphoric acid groups is 1. The van der Waals surface area contributed by atoms with Gasteiger partial charge < -0.3 is 28.5 Å². The topological polar surface area (TPSA) is 114 Å². The maximum absolute atomic E-state index is 13.5. The number of ether oxygens (including phenoxy) is 1. The van der Waals surface area contributed by atoms with Gasteiger partial charge in [0.2, 0.25) is 5.91 Å². The van der Waals surface area contributed by atoms with Crippen LogP contribution >= 0.6 is 7.82 Å². The van der Waals surface area contributed by atoms with E-state index in [1.54, 1.807) is 6.08 Å². The first-order valence-corrected chi connectivity index (χ1v) is 32.3. The van der Waals surface area contributed by atoms with Crippen LogP contribution in [0.15, 0.2) is 122 Å². The van der Waals surface area contributed by atoms with Crippen LogP contribution in [-0.4, -0.2) is 69.4 Å². The van der Waals surface area contributed by atoms with Crippen LogP contribution in [0.5, 0.6) is 0 Å². The smallest absolute Gasteiger partial charge is 0.306 e. The maximum Gasteiger partial charge on any atom is 0.306 e. The fourth-order valence-electron chi connectivity index (χ4n) is 8.13. The predicted octanol–water partition coefficient (Wildman–Crippen LogP) is 18.5. The zero-order valence-electron chi connectivity index (χ0n) is 50.1. The van der Waals surface area contributed by atoms with Gasteiger partial charge in [-0.1, -0.05) is 233 Å². The molecule has 0 spiro atoms. The van der Waals surface area contributed by atoms with Crippen LogP contribution < -0.4 is 10.2 Å². The number of carbonyl (C=O) groups is 2. The van der Waals surface area contributed by atoms with Crippen LogP contribution in [0.1, 0.15) is 239 Å². The van der Waals surface area contributed by atoms with Crippen LogP contribution in [0, 0.1) is 0 Å². The number of quaternary nitrogens is 1. The molecular weight excluding hydrogens is 976 g/mol. The van der Waals surface area contributed by atoms with Gasteiger partial charge >= 0.3 is 5.97 Å². The van der Waals surface area contributed by atoms with Crippen molar-refractivity contribution >= 4 is 19.7 Å². The zero-order valence-corrected chi connectivity index (χ0v) is 51.0. The lowest BCUT2D eigenvalue weighted by atomic mass is 10.1. The summed E-state index contributed by atoms with van der Waals surface area (Å²) in [6, 6.07) is -0.924. The molecule has 1 N–H and O–H groups in total. The molecule has 77 heavy (non-hydrogen) atoms. The van der Waals surface area contributed by atoms with E-state index in [-0.39, 0.29) is 25.4 Å². The Morgan fingerprint density at radius 2 is 0.844 bits per heavy atom. The Balaban J connectivity index is 5.31. The molecule has 0 aromatic rings. The van der Waals surface area contributed by atoms with E-state index in [1.807, 2.05) is 27.2 Å². The molecule has 0 aromatic heterocycles. The SMILES string of the molecule is CC/C=C\C/C=C\C/C=C\C/C=C\C/C=C\CCCCCCCCCC(=O)NC(COP(=O)([O-])OCC[N+](C)(C)C)C(/C=C\CCCCCCCCCCC)OC(=O)CCC/C=C\C/C=C\C/C=C\C/C=C\CCCCC. The van der Waals surface area contributed by atoms with E-state index in [9.17, 15) is 19.0 Å². The normalized spacial score (nSPS) is 14.5. The molecule has 0 saturated carbocycles. The molecule has 0 saturated heterocycles. The highest BCUT2D eigenvalue weighted by Crippen LogP contribution is 2.38. The van der Waals surface area contributed by atoms with Crippen molar-refractivity contribution in [2.75, 3.05) is 40.9 Å². The molecule has 0 aromatic carbocycles. The Hall–Kier alpha value is -3.59. The fraction of sp³-hybridized carbons (Fsp3) is 0.672. The van der Waals surface area contributed by atoms with Crippen molar-refractivity contribution < 1.29 is 37.3 Å². The third kappa shape index (κ3) is 56.9. The van der Waals surface area contributed by atoms with Gasteiger partial charge in [-0.25, -0.2) is 0 Å². The molecule has 1 amide bonds. The van der Waals surface area contributed by atoms with E-state index in [1.165, 1.54) is 89.9 Å². The number of allylic oxidation sites excluding steroid dienone is 19. The number of carbonyl (C=O) groups excluding carboxylic acids is 2. The van der Waals surface area contributed by atoms with Crippen molar-refractivity contribution in [3.63, 3.8) is 0 Å². The van der Waals surface area contributed by atoms with E-state index < -0.39 is 32.5 Å². The first kappa shape index (κ1) is 73.4. The molecule has 0 aliphatic rings. The highest BCUT2D eigenvalue weighted by molar-refractivity contribution is 7.45. The van der Waals surface area contributed by atoms with E-state index >= 15 is 0 Å². The molecule has 0 bridgehead atoms. The molecule has 0 fully saturated rings. The van der Waals surface area contributed by atoms with Gasteiger partial charge in [0.15, 0.2) is 0 Å². The second-order valence-corrected chi connectivity index (χ2v) is 22.9. The molecule has 440 valence electrons. The molecule has 3 atom stereocenters. The molecule has 0 aliphatic carbocycles. The summed E-state index contributed by atoms with van der Waals surface area (Å²) >= 11 is 0. The number of hydrogen-bond donors (Lipinski definition) is 1. The van der Waals surface area contributed by atoms with Gasteiger partial charge in [0, 0.05) is 12.8 Å². The van der Waals surface area contributed by atoms with Crippen LogP contribution in [-0.2, 0) is 27.9 Å². The quantitative estimate of drug-likeness (QED) is 0.0212. The summed E-state index contributed by atoms with van der Waals surface area (Å²) in [4.78, 5) is 39.9. The monoisotopic (exact) mass is 1090 g/mol. The maximum atomic E-state index is 13.5. The Bertz CT molecular complexity index is 1730. The number of esters is 1. The number of amides is 1. The van der Waals surface area contributed by atoms with Gasteiger partial charge in [0.1, 0.15) is 19.3 Å². The minimum absolute atomic E-state index is 0.0396. The second kappa shape index (κ2) is 55.7. The highest BCUT2D eigenvalue weighted by atomic mass is 31.2. The lowest BCUT2D eigenvalue weighted by molar-refractivity contribution is -0.870. The Labute approximate surface area is 473 Å². The Kier molecular flexibility index (Phi) is 53.1. The number of nitrogens with one attached hydrogen (secondary N) is 1. The standard InChI is InChI=1S/C67H115N2O7P/c1-7-10-13-16-19-22-25-27-29-31-32-33-34-35-36-38-39-41-44-47-50-53-56-59-66(70)68-64(63-75-77(72,73)74-62-61-69(4,5)6)65(58-55-52-49-46-43-24-21-18-15-12-9-3)76-67(71)60-57-54-51-48-45-42-40-37-30-28-26-23-20-17-14-11-8-2/h10,13,19-20,22-23,27-30,32-33,35-36,40,42,48,51,55,58,64-65H,7-9,11-12,14-18,21,24-26,31,34,37-39,41,43-47,49-50,52-54,56-57,59-63H2,1-6H3,(H-,68,70,72,73)/b13-10-,22-19-,23-20-,29-27-,30-28-,33-32-,36-35-,42-40-,51-48-,58-55-. The molecule has 3 unspecified atom stereocenters. The van der Waals surface area contributed by atoms with E-state index in [2.05, 4.69) is 135 Å². The summed E-state index contributed by atoms with van der Waals surface area (Å²) in [5.41, 5.74) is 0. The largest absolute Gasteiger partial charge is 0.756 e. The molecule has 10 heteroatoms. The third-order valence-electron chi connectivity index (χ3n) is 12.9. The van der Waals surface area contributed by atoms with Crippen molar-refractivity contribution in [2.24, 2.45) is 0 Å². The van der Waals surface area contributed by atoms with Crippen molar-refractivity contribution in [1.82, 2.24) is 5.32 Å². The van der Waals surface area contributed by atoms with Gasteiger partial charge in [-0.05, 0) is 115 Å². The molecule has 0 radical (unpaired) electrons. The zero-order chi connectivity index (χ0) is 56.4.